The summed E-state index contributed by atoms with van der Waals surface area (Å²) in [6.07, 6.45) is 0. The largest absolute Gasteiger partial charge is 0.351 e. The van der Waals surface area contributed by atoms with Crippen molar-refractivity contribution in [3.05, 3.63) is 35.1 Å². The average molecular weight is 301 g/mol. The molecule has 0 aromatic heterocycles. The molecule has 1 aliphatic heterocycles. The Morgan fingerprint density at radius 1 is 1.14 bits per heavy atom. The fourth-order valence-corrected chi connectivity index (χ4v) is 2.19. The standard InChI is InChI=1S/C14H18F3N3O/c1-19-4-6-20(7-5-19)3-2-18-14(21)10-8-11(15)13(17)12(16)9-10/h8-9H,2-7H2,1H3,(H,18,21). The van der Waals surface area contributed by atoms with Crippen LogP contribution in [-0.4, -0.2) is 62.0 Å². The topological polar surface area (TPSA) is 35.6 Å². The normalized spacial score (nSPS) is 17.0. The SMILES string of the molecule is CN1CCN(CCNC(=O)c2cc(F)c(F)c(F)c2)CC1. The van der Waals surface area contributed by atoms with Gasteiger partial charge in [-0.15, -0.1) is 0 Å². The zero-order valence-corrected chi connectivity index (χ0v) is 11.8. The van der Waals surface area contributed by atoms with Gasteiger partial charge < -0.3 is 10.2 Å². The molecule has 1 saturated heterocycles. The minimum absolute atomic E-state index is 0.218. The molecule has 1 amide bonds. The average Bonchev–Trinajstić information content (AvgIpc) is 2.46. The maximum atomic E-state index is 13.0. The predicted octanol–water partition coefficient (Wildman–Crippen LogP) is 1.08. The third-order valence-corrected chi connectivity index (χ3v) is 3.56. The highest BCUT2D eigenvalue weighted by Crippen LogP contribution is 2.13. The molecule has 0 radical (unpaired) electrons. The van der Waals surface area contributed by atoms with Gasteiger partial charge >= 0.3 is 0 Å². The van der Waals surface area contributed by atoms with Crippen LogP contribution in [0.2, 0.25) is 0 Å². The third-order valence-electron chi connectivity index (χ3n) is 3.56. The van der Waals surface area contributed by atoms with Gasteiger partial charge in [0.15, 0.2) is 17.5 Å². The fraction of sp³-hybridized carbons (Fsp3) is 0.500. The monoisotopic (exact) mass is 301 g/mol. The van der Waals surface area contributed by atoms with Gasteiger partial charge in [0.1, 0.15) is 0 Å². The first-order valence-electron chi connectivity index (χ1n) is 6.81. The Labute approximate surface area is 121 Å². The zero-order valence-electron chi connectivity index (χ0n) is 11.8. The van der Waals surface area contributed by atoms with Gasteiger partial charge in [0.05, 0.1) is 0 Å². The van der Waals surface area contributed by atoms with Crippen LogP contribution in [0.1, 0.15) is 10.4 Å². The lowest BCUT2D eigenvalue weighted by atomic mass is 10.2. The lowest BCUT2D eigenvalue weighted by molar-refractivity contribution is 0.0940. The molecule has 0 spiro atoms. The summed E-state index contributed by atoms with van der Waals surface area (Å²) >= 11 is 0. The summed E-state index contributed by atoms with van der Waals surface area (Å²) < 4.78 is 38.9. The number of halogens is 3. The molecule has 0 aliphatic carbocycles. The van der Waals surface area contributed by atoms with Crippen molar-refractivity contribution >= 4 is 5.91 Å². The number of piperazine rings is 1. The summed E-state index contributed by atoms with van der Waals surface area (Å²) in [5, 5.41) is 2.58. The van der Waals surface area contributed by atoms with E-state index in [2.05, 4.69) is 22.2 Å². The van der Waals surface area contributed by atoms with Crippen LogP contribution in [-0.2, 0) is 0 Å². The Morgan fingerprint density at radius 2 is 1.71 bits per heavy atom. The minimum Gasteiger partial charge on any atom is -0.351 e. The van der Waals surface area contributed by atoms with Crippen LogP contribution in [0.5, 0.6) is 0 Å². The van der Waals surface area contributed by atoms with Crippen LogP contribution >= 0.6 is 0 Å². The molecule has 4 nitrogen and oxygen atoms in total. The molecule has 116 valence electrons. The zero-order chi connectivity index (χ0) is 15.4. The molecule has 1 heterocycles. The molecule has 0 saturated carbocycles. The van der Waals surface area contributed by atoms with Gasteiger partial charge in [0, 0.05) is 44.8 Å². The number of hydrogen-bond donors (Lipinski definition) is 1. The number of nitrogens with zero attached hydrogens (tertiary/aromatic N) is 2. The van der Waals surface area contributed by atoms with Crippen molar-refractivity contribution in [2.45, 2.75) is 0 Å². The number of amides is 1. The summed E-state index contributed by atoms with van der Waals surface area (Å²) in [7, 11) is 2.05. The number of rotatable bonds is 4. The van der Waals surface area contributed by atoms with Crippen LogP contribution in [0.3, 0.4) is 0 Å². The highest BCUT2D eigenvalue weighted by Gasteiger charge is 2.16. The second kappa shape index (κ2) is 6.91. The molecule has 7 heteroatoms. The van der Waals surface area contributed by atoms with Crippen molar-refractivity contribution in [2.75, 3.05) is 46.3 Å². The van der Waals surface area contributed by atoms with Crippen LogP contribution in [0, 0.1) is 17.5 Å². The molecule has 0 bridgehead atoms. The number of benzene rings is 1. The molecule has 1 N–H and O–H groups in total. The number of nitrogens with one attached hydrogen (secondary N) is 1. The lowest BCUT2D eigenvalue weighted by Crippen LogP contribution is -2.46. The van der Waals surface area contributed by atoms with Gasteiger partial charge in [0.25, 0.3) is 5.91 Å². The van der Waals surface area contributed by atoms with E-state index in [1.165, 1.54) is 0 Å². The first kappa shape index (κ1) is 15.8. The van der Waals surface area contributed by atoms with Crippen molar-refractivity contribution in [3.8, 4) is 0 Å². The Morgan fingerprint density at radius 3 is 2.29 bits per heavy atom. The van der Waals surface area contributed by atoms with Gasteiger partial charge in [-0.1, -0.05) is 0 Å². The third kappa shape index (κ3) is 4.18. The predicted molar refractivity (Wildman–Crippen MR) is 72.6 cm³/mol. The molecule has 0 unspecified atom stereocenters. The Hall–Kier alpha value is -1.60. The highest BCUT2D eigenvalue weighted by molar-refractivity contribution is 5.94. The summed E-state index contributed by atoms with van der Waals surface area (Å²) in [4.78, 5) is 16.2. The van der Waals surface area contributed by atoms with E-state index >= 15 is 0 Å². The van der Waals surface area contributed by atoms with E-state index in [4.69, 9.17) is 0 Å². The molecule has 0 atom stereocenters. The maximum Gasteiger partial charge on any atom is 0.251 e. The van der Waals surface area contributed by atoms with Crippen LogP contribution < -0.4 is 5.32 Å². The molecule has 2 rings (SSSR count). The van der Waals surface area contributed by atoms with E-state index in [-0.39, 0.29) is 5.56 Å². The molecule has 21 heavy (non-hydrogen) atoms. The molecule has 1 aliphatic rings. The van der Waals surface area contributed by atoms with E-state index in [0.29, 0.717) is 25.2 Å². The molecule has 1 fully saturated rings. The summed E-state index contributed by atoms with van der Waals surface area (Å²) in [6.45, 7) is 4.85. The van der Waals surface area contributed by atoms with E-state index in [9.17, 15) is 18.0 Å². The lowest BCUT2D eigenvalue weighted by Gasteiger charge is -2.32. The fourth-order valence-electron chi connectivity index (χ4n) is 2.19. The summed E-state index contributed by atoms with van der Waals surface area (Å²) in [6, 6.07) is 1.40. The Balaban J connectivity index is 1.82. The number of carbonyl (C=O) groups is 1. The van der Waals surface area contributed by atoms with Gasteiger partial charge in [-0.05, 0) is 19.2 Å². The summed E-state index contributed by atoms with van der Waals surface area (Å²) in [5.74, 6) is -4.90. The van der Waals surface area contributed by atoms with E-state index in [1.807, 2.05) is 0 Å². The minimum atomic E-state index is -1.57. The molecule has 1 aromatic rings. The first-order chi connectivity index (χ1) is 9.97. The second-order valence-corrected chi connectivity index (χ2v) is 5.15. The molecular formula is C14H18F3N3O. The van der Waals surface area contributed by atoms with Crippen LogP contribution in [0.25, 0.3) is 0 Å². The van der Waals surface area contributed by atoms with Crippen molar-refractivity contribution in [3.63, 3.8) is 0 Å². The van der Waals surface area contributed by atoms with Crippen LogP contribution in [0.15, 0.2) is 12.1 Å². The van der Waals surface area contributed by atoms with Gasteiger partial charge in [0.2, 0.25) is 0 Å². The summed E-state index contributed by atoms with van der Waals surface area (Å²) in [5.41, 5.74) is -0.218. The van der Waals surface area contributed by atoms with Crippen molar-refractivity contribution < 1.29 is 18.0 Å². The number of hydrogen-bond acceptors (Lipinski definition) is 3. The van der Waals surface area contributed by atoms with Gasteiger partial charge in [-0.3, -0.25) is 9.69 Å². The van der Waals surface area contributed by atoms with Crippen molar-refractivity contribution in [2.24, 2.45) is 0 Å². The van der Waals surface area contributed by atoms with Crippen molar-refractivity contribution in [1.29, 1.82) is 0 Å². The maximum absolute atomic E-state index is 13.0. The Kier molecular flexibility index (Phi) is 5.19. The number of likely N-dealkylation sites (N-methyl/N-ethyl adjacent to an activating group) is 1. The second-order valence-electron chi connectivity index (χ2n) is 5.15. The first-order valence-corrected chi connectivity index (χ1v) is 6.81. The number of carbonyl (C=O) groups excluding carboxylic acids is 1. The molecular weight excluding hydrogens is 283 g/mol. The van der Waals surface area contributed by atoms with E-state index in [1.54, 1.807) is 0 Å². The highest BCUT2D eigenvalue weighted by atomic mass is 19.2. The Bertz CT molecular complexity index is 493. The van der Waals surface area contributed by atoms with Gasteiger partial charge in [-0.25, -0.2) is 13.2 Å². The van der Waals surface area contributed by atoms with Gasteiger partial charge in [-0.2, -0.15) is 0 Å². The van der Waals surface area contributed by atoms with Crippen LogP contribution in [0.4, 0.5) is 13.2 Å². The van der Waals surface area contributed by atoms with Crippen molar-refractivity contribution in [1.82, 2.24) is 15.1 Å². The molecule has 1 aromatic carbocycles. The smallest absolute Gasteiger partial charge is 0.251 e. The van der Waals surface area contributed by atoms with E-state index in [0.717, 1.165) is 26.2 Å². The quantitative estimate of drug-likeness (QED) is 0.846. The van der Waals surface area contributed by atoms with E-state index < -0.39 is 23.4 Å².